The zero-order valence-corrected chi connectivity index (χ0v) is 43.9. The van der Waals surface area contributed by atoms with Crippen LogP contribution in [0.15, 0.2) is 72.8 Å². The molecule has 2 nitrogen and oxygen atoms in total. The molecule has 0 fully saturated rings. The Morgan fingerprint density at radius 3 is 1.42 bits per heavy atom. The summed E-state index contributed by atoms with van der Waals surface area (Å²) in [7, 11) is 0. The summed E-state index contributed by atoms with van der Waals surface area (Å²) in [5, 5.41) is 0. The van der Waals surface area contributed by atoms with Gasteiger partial charge in [-0.2, -0.15) is 0 Å². The number of fused-ring (bicyclic) bond motifs is 7. The molecule has 340 valence electrons. The molecule has 3 heteroatoms. The zero-order chi connectivity index (χ0) is 47.1. The minimum Gasteiger partial charge on any atom is -0.311 e. The topological polar surface area (TPSA) is 6.48 Å². The number of hydrogen-bond donors (Lipinski definition) is 0. The first-order valence-corrected chi connectivity index (χ1v) is 25.3. The maximum absolute atomic E-state index is 2.76. The lowest BCUT2D eigenvalue weighted by atomic mass is 9.33. The van der Waals surface area contributed by atoms with E-state index in [4.69, 9.17) is 0 Å². The summed E-state index contributed by atoms with van der Waals surface area (Å²) in [5.41, 5.74) is 25.9. The Bertz CT molecular complexity index is 2840. The van der Waals surface area contributed by atoms with E-state index in [-0.39, 0.29) is 50.0 Å². The molecule has 5 aliphatic rings. The zero-order valence-electron chi connectivity index (χ0n) is 43.9. The van der Waals surface area contributed by atoms with Crippen LogP contribution in [0.3, 0.4) is 0 Å². The highest BCUT2D eigenvalue weighted by molar-refractivity contribution is 7.00. The fraction of sp³-hybridized carbons (Fsp3) is 0.516. The lowest BCUT2D eigenvalue weighted by molar-refractivity contribution is 0.332. The molecule has 0 atom stereocenters. The lowest BCUT2D eigenvalue weighted by Gasteiger charge is -2.48. The van der Waals surface area contributed by atoms with E-state index in [1.54, 1.807) is 0 Å². The van der Waals surface area contributed by atoms with E-state index < -0.39 is 0 Å². The molecule has 0 amide bonds. The molecule has 0 aromatic heterocycles. The maximum atomic E-state index is 2.76. The third kappa shape index (κ3) is 6.60. The summed E-state index contributed by atoms with van der Waals surface area (Å²) < 4.78 is 0. The molecule has 3 aliphatic carbocycles. The molecule has 5 aromatic rings. The van der Waals surface area contributed by atoms with Crippen LogP contribution in [0.2, 0.25) is 0 Å². The van der Waals surface area contributed by atoms with Gasteiger partial charge in [-0.15, -0.1) is 0 Å². The van der Waals surface area contributed by atoms with E-state index in [0.717, 1.165) is 6.42 Å². The second-order valence-electron chi connectivity index (χ2n) is 27.7. The summed E-state index contributed by atoms with van der Waals surface area (Å²) in [6, 6.07) is 30.9. The van der Waals surface area contributed by atoms with Crippen molar-refractivity contribution in [2.24, 2.45) is 0 Å². The normalized spacial score (nSPS) is 21.2. The summed E-state index contributed by atoms with van der Waals surface area (Å²) in [4.78, 5) is 5.48. The van der Waals surface area contributed by atoms with Crippen molar-refractivity contribution < 1.29 is 0 Å². The van der Waals surface area contributed by atoms with Crippen molar-refractivity contribution in [2.45, 2.75) is 207 Å². The highest BCUT2D eigenvalue weighted by Crippen LogP contribution is 2.56. The van der Waals surface area contributed by atoms with Crippen LogP contribution in [-0.2, 0) is 43.3 Å². The Morgan fingerprint density at radius 1 is 0.400 bits per heavy atom. The monoisotopic (exact) mass is 863 g/mol. The predicted octanol–water partition coefficient (Wildman–Crippen LogP) is 15.3. The van der Waals surface area contributed by atoms with Gasteiger partial charge in [-0.05, 0) is 191 Å². The van der Waals surface area contributed by atoms with Crippen molar-refractivity contribution in [1.29, 1.82) is 0 Å². The molecular formula is C62H79BN2. The molecule has 2 aliphatic heterocycles. The molecule has 0 unspecified atom stereocenters. The van der Waals surface area contributed by atoms with Crippen molar-refractivity contribution in [3.05, 3.63) is 123 Å². The van der Waals surface area contributed by atoms with E-state index in [1.807, 2.05) is 0 Å². The summed E-state index contributed by atoms with van der Waals surface area (Å²) in [5.74, 6) is 0. The number of nitrogens with zero attached hydrogens (tertiary/aromatic N) is 2. The van der Waals surface area contributed by atoms with Gasteiger partial charge < -0.3 is 9.80 Å². The number of anilines is 6. The highest BCUT2D eigenvalue weighted by Gasteiger charge is 2.49. The maximum Gasteiger partial charge on any atom is 0.252 e. The highest BCUT2D eigenvalue weighted by atomic mass is 15.2. The SMILES string of the molecule is Cc1cc2c(cc1N1c3cc4c(cc3B3c5ccc(C(C)(C)C)cc5N(c5ccc6c(c5)C(C)(C)CCC6(C)C)c5cc(C(C)(C)C)cc1c53)C(C)(C)CCC4(C)C)C(C)(C)CC2(C)C. The van der Waals surface area contributed by atoms with Gasteiger partial charge in [-0.25, -0.2) is 0 Å². The molecule has 0 radical (unpaired) electrons. The van der Waals surface area contributed by atoms with Crippen LogP contribution in [0.4, 0.5) is 34.1 Å². The Morgan fingerprint density at radius 2 is 0.846 bits per heavy atom. The molecule has 10 rings (SSSR count). The molecule has 2 heterocycles. The van der Waals surface area contributed by atoms with Crippen molar-refractivity contribution >= 4 is 57.2 Å². The second-order valence-corrected chi connectivity index (χ2v) is 27.7. The first-order chi connectivity index (χ1) is 29.8. The quantitative estimate of drug-likeness (QED) is 0.160. The van der Waals surface area contributed by atoms with Gasteiger partial charge in [0.15, 0.2) is 0 Å². The average Bonchev–Trinajstić information content (AvgIpc) is 3.37. The van der Waals surface area contributed by atoms with E-state index >= 15 is 0 Å². The Hall–Kier alpha value is -4.24. The van der Waals surface area contributed by atoms with Crippen LogP contribution < -0.4 is 26.2 Å². The predicted molar refractivity (Wildman–Crippen MR) is 284 cm³/mol. The van der Waals surface area contributed by atoms with Gasteiger partial charge in [-0.3, -0.25) is 0 Å². The lowest BCUT2D eigenvalue weighted by Crippen LogP contribution is -2.62. The first kappa shape index (κ1) is 44.6. The van der Waals surface area contributed by atoms with Crippen molar-refractivity contribution in [3.63, 3.8) is 0 Å². The minimum absolute atomic E-state index is 0.00927. The summed E-state index contributed by atoms with van der Waals surface area (Å²) in [6.45, 7) is 46.6. The molecule has 0 bridgehead atoms. The fourth-order valence-corrected chi connectivity index (χ4v) is 13.6. The molecule has 0 saturated heterocycles. The van der Waals surface area contributed by atoms with Crippen LogP contribution in [0, 0.1) is 6.92 Å². The van der Waals surface area contributed by atoms with Crippen LogP contribution in [0.5, 0.6) is 0 Å². The summed E-state index contributed by atoms with van der Waals surface area (Å²) >= 11 is 0. The molecular weight excluding hydrogens is 784 g/mol. The molecule has 0 spiro atoms. The smallest absolute Gasteiger partial charge is 0.252 e. The Labute approximate surface area is 395 Å². The van der Waals surface area contributed by atoms with Crippen LogP contribution in [0.1, 0.15) is 207 Å². The molecule has 5 aromatic carbocycles. The standard InChI is InChI=1S/C62H79BN2/c1-37-28-42-46(62(18,19)36-61(42,16)17)34-49(37)65-51-35-45-44(59(12,13)26-27-60(45,14)15)33-48(51)63-47-23-20-38(55(2,3)4)29-50(47)64(52-30-39(56(5,6)7)31-53(65)54(52)63)40-21-22-41-43(32-40)58(10,11)25-24-57(41,8)9/h20-23,28-35H,24-27,36H2,1-19H3. The van der Waals surface area contributed by atoms with Crippen molar-refractivity contribution in [3.8, 4) is 0 Å². The van der Waals surface area contributed by atoms with Gasteiger partial charge in [0.2, 0.25) is 0 Å². The molecule has 65 heavy (non-hydrogen) atoms. The minimum atomic E-state index is -0.0884. The van der Waals surface area contributed by atoms with E-state index in [9.17, 15) is 0 Å². The fourth-order valence-electron chi connectivity index (χ4n) is 13.6. The van der Waals surface area contributed by atoms with E-state index in [0.29, 0.717) is 0 Å². The van der Waals surface area contributed by atoms with Gasteiger partial charge in [0.1, 0.15) is 0 Å². The third-order valence-corrected chi connectivity index (χ3v) is 17.8. The van der Waals surface area contributed by atoms with Gasteiger partial charge in [0.05, 0.1) is 0 Å². The molecule has 0 N–H and O–H groups in total. The number of hydrogen-bond acceptors (Lipinski definition) is 2. The largest absolute Gasteiger partial charge is 0.311 e. The van der Waals surface area contributed by atoms with E-state index in [2.05, 4.69) is 214 Å². The Balaban J connectivity index is 1.36. The van der Waals surface area contributed by atoms with Crippen LogP contribution in [0.25, 0.3) is 0 Å². The second kappa shape index (κ2) is 13.5. The van der Waals surface area contributed by atoms with Crippen LogP contribution >= 0.6 is 0 Å². The Kier molecular flexibility index (Phi) is 9.24. The van der Waals surface area contributed by atoms with Crippen LogP contribution in [-0.4, -0.2) is 6.71 Å². The first-order valence-electron chi connectivity index (χ1n) is 25.3. The van der Waals surface area contributed by atoms with Gasteiger partial charge in [-0.1, -0.05) is 155 Å². The van der Waals surface area contributed by atoms with Gasteiger partial charge >= 0.3 is 0 Å². The number of aryl methyl sites for hydroxylation is 1. The van der Waals surface area contributed by atoms with Gasteiger partial charge in [0.25, 0.3) is 6.71 Å². The number of rotatable bonds is 2. The van der Waals surface area contributed by atoms with E-state index in [1.165, 1.54) is 126 Å². The van der Waals surface area contributed by atoms with Gasteiger partial charge in [0, 0.05) is 34.1 Å². The summed E-state index contributed by atoms with van der Waals surface area (Å²) in [6.07, 6.45) is 5.93. The number of benzene rings is 5. The average molecular weight is 863 g/mol. The third-order valence-electron chi connectivity index (χ3n) is 17.8. The molecule has 0 saturated carbocycles. The van der Waals surface area contributed by atoms with Crippen molar-refractivity contribution in [1.82, 2.24) is 0 Å². The van der Waals surface area contributed by atoms with Crippen molar-refractivity contribution in [2.75, 3.05) is 9.80 Å².